The second-order valence-corrected chi connectivity index (χ2v) is 6.24. The van der Waals surface area contributed by atoms with Crippen molar-refractivity contribution in [2.45, 2.75) is 6.54 Å². The van der Waals surface area contributed by atoms with Crippen LogP contribution in [0.3, 0.4) is 0 Å². The standard InChI is InChI=1S/C21H18ClN3O2/c22-16-12-10-15(11-13-16)14-23-20(26)18-8-4-5-9-19(18)25-21(27)24-17-6-2-1-3-7-17/h1-13H,14H2,(H,23,26)(H2,24,25,27). The highest BCUT2D eigenvalue weighted by Crippen LogP contribution is 2.16. The summed E-state index contributed by atoms with van der Waals surface area (Å²) >= 11 is 5.86. The molecule has 6 heteroatoms. The highest BCUT2D eigenvalue weighted by atomic mass is 35.5. The molecule has 27 heavy (non-hydrogen) atoms. The van der Waals surface area contributed by atoms with Crippen molar-refractivity contribution in [3.8, 4) is 0 Å². The quantitative estimate of drug-likeness (QED) is 0.589. The average molecular weight is 380 g/mol. The lowest BCUT2D eigenvalue weighted by Gasteiger charge is -2.12. The molecule has 0 bridgehead atoms. The monoisotopic (exact) mass is 379 g/mol. The minimum Gasteiger partial charge on any atom is -0.348 e. The largest absolute Gasteiger partial charge is 0.348 e. The first-order chi connectivity index (χ1) is 13.1. The molecule has 0 saturated carbocycles. The number of carbonyl (C=O) groups excluding carboxylic acids is 2. The summed E-state index contributed by atoms with van der Waals surface area (Å²) in [7, 11) is 0. The third-order valence-electron chi connectivity index (χ3n) is 3.82. The summed E-state index contributed by atoms with van der Waals surface area (Å²) in [6.45, 7) is 0.362. The number of benzene rings is 3. The Hall–Kier alpha value is -3.31. The van der Waals surface area contributed by atoms with Crippen molar-refractivity contribution in [2.24, 2.45) is 0 Å². The van der Waals surface area contributed by atoms with E-state index < -0.39 is 6.03 Å². The van der Waals surface area contributed by atoms with E-state index >= 15 is 0 Å². The summed E-state index contributed by atoms with van der Waals surface area (Å²) in [6.07, 6.45) is 0. The fourth-order valence-corrected chi connectivity index (χ4v) is 2.60. The van der Waals surface area contributed by atoms with Gasteiger partial charge in [0.05, 0.1) is 11.3 Å². The van der Waals surface area contributed by atoms with E-state index in [1.807, 2.05) is 30.3 Å². The molecule has 0 fully saturated rings. The lowest BCUT2D eigenvalue weighted by Crippen LogP contribution is -2.26. The molecule has 0 unspecified atom stereocenters. The van der Waals surface area contributed by atoms with Gasteiger partial charge in [-0.25, -0.2) is 4.79 Å². The Bertz CT molecular complexity index is 928. The third-order valence-corrected chi connectivity index (χ3v) is 4.07. The lowest BCUT2D eigenvalue weighted by molar-refractivity contribution is 0.0952. The molecule has 5 nitrogen and oxygen atoms in total. The summed E-state index contributed by atoms with van der Waals surface area (Å²) in [4.78, 5) is 24.7. The van der Waals surface area contributed by atoms with Crippen LogP contribution >= 0.6 is 11.6 Å². The van der Waals surface area contributed by atoms with Gasteiger partial charge in [0.1, 0.15) is 0 Å². The maximum Gasteiger partial charge on any atom is 0.323 e. The second-order valence-electron chi connectivity index (χ2n) is 5.80. The molecule has 3 rings (SSSR count). The van der Waals surface area contributed by atoms with Gasteiger partial charge >= 0.3 is 6.03 Å². The Morgan fingerprint density at radius 1 is 0.778 bits per heavy atom. The molecule has 3 aromatic rings. The van der Waals surface area contributed by atoms with E-state index in [4.69, 9.17) is 11.6 Å². The van der Waals surface area contributed by atoms with Gasteiger partial charge in [-0.05, 0) is 42.0 Å². The van der Waals surface area contributed by atoms with Gasteiger partial charge in [-0.2, -0.15) is 0 Å². The molecule has 0 aliphatic carbocycles. The van der Waals surface area contributed by atoms with E-state index in [1.165, 1.54) is 0 Å². The van der Waals surface area contributed by atoms with Crippen LogP contribution in [0.1, 0.15) is 15.9 Å². The average Bonchev–Trinajstić information content (AvgIpc) is 2.68. The summed E-state index contributed by atoms with van der Waals surface area (Å²) in [6, 6.07) is 22.8. The van der Waals surface area contributed by atoms with Crippen LogP contribution in [0.4, 0.5) is 16.2 Å². The Morgan fingerprint density at radius 2 is 1.44 bits per heavy atom. The van der Waals surface area contributed by atoms with Gasteiger partial charge in [-0.3, -0.25) is 4.79 Å². The lowest BCUT2D eigenvalue weighted by atomic mass is 10.1. The summed E-state index contributed by atoms with van der Waals surface area (Å²) in [5.41, 5.74) is 2.41. The Labute approximate surface area is 162 Å². The number of halogens is 1. The number of hydrogen-bond acceptors (Lipinski definition) is 2. The third kappa shape index (κ3) is 5.33. The topological polar surface area (TPSA) is 70.2 Å². The molecule has 0 saturated heterocycles. The van der Waals surface area contributed by atoms with Gasteiger partial charge in [0.25, 0.3) is 5.91 Å². The molecule has 3 amide bonds. The maximum absolute atomic E-state index is 12.5. The van der Waals surface area contributed by atoms with E-state index in [2.05, 4.69) is 16.0 Å². The normalized spacial score (nSPS) is 10.1. The number of amides is 3. The van der Waals surface area contributed by atoms with Crippen LogP contribution in [0.5, 0.6) is 0 Å². The highest BCUT2D eigenvalue weighted by Gasteiger charge is 2.13. The van der Waals surface area contributed by atoms with Crippen molar-refractivity contribution >= 4 is 34.9 Å². The minimum absolute atomic E-state index is 0.277. The minimum atomic E-state index is -0.417. The van der Waals surface area contributed by atoms with Crippen molar-refractivity contribution < 1.29 is 9.59 Å². The predicted octanol–water partition coefficient (Wildman–Crippen LogP) is 4.91. The number of anilines is 2. The second kappa shape index (κ2) is 8.87. The van der Waals surface area contributed by atoms with Crippen molar-refractivity contribution in [1.29, 1.82) is 0 Å². The van der Waals surface area contributed by atoms with Gasteiger partial charge in [-0.1, -0.05) is 54.1 Å². The number of urea groups is 1. The molecule has 3 aromatic carbocycles. The van der Waals surface area contributed by atoms with Gasteiger partial charge in [0, 0.05) is 17.3 Å². The number of nitrogens with one attached hydrogen (secondary N) is 3. The number of hydrogen-bond donors (Lipinski definition) is 3. The van der Waals surface area contributed by atoms with Gasteiger partial charge in [0.15, 0.2) is 0 Å². The molecule has 0 aliphatic heterocycles. The van der Waals surface area contributed by atoms with Crippen LogP contribution < -0.4 is 16.0 Å². The number of para-hydroxylation sites is 2. The van der Waals surface area contributed by atoms with Crippen molar-refractivity contribution in [1.82, 2.24) is 5.32 Å². The van der Waals surface area contributed by atoms with E-state index in [0.717, 1.165) is 5.56 Å². The molecule has 3 N–H and O–H groups in total. The number of rotatable bonds is 5. The van der Waals surface area contributed by atoms with Crippen LogP contribution in [0.2, 0.25) is 5.02 Å². The fourth-order valence-electron chi connectivity index (χ4n) is 2.48. The smallest absolute Gasteiger partial charge is 0.323 e. The van der Waals surface area contributed by atoms with E-state index in [1.54, 1.807) is 48.5 Å². The zero-order valence-electron chi connectivity index (χ0n) is 14.4. The molecule has 0 aromatic heterocycles. The van der Waals surface area contributed by atoms with E-state index in [0.29, 0.717) is 28.5 Å². The maximum atomic E-state index is 12.5. The van der Waals surface area contributed by atoms with Crippen molar-refractivity contribution in [2.75, 3.05) is 10.6 Å². The Morgan fingerprint density at radius 3 is 2.19 bits per heavy atom. The molecule has 0 spiro atoms. The Kier molecular flexibility index (Phi) is 6.07. The van der Waals surface area contributed by atoms with Gasteiger partial charge in [0.2, 0.25) is 0 Å². The van der Waals surface area contributed by atoms with Crippen LogP contribution in [0, 0.1) is 0 Å². The van der Waals surface area contributed by atoms with Gasteiger partial charge < -0.3 is 16.0 Å². The first kappa shape index (κ1) is 18.5. The molecule has 0 aliphatic rings. The van der Waals surface area contributed by atoms with Crippen molar-refractivity contribution in [3.63, 3.8) is 0 Å². The first-order valence-electron chi connectivity index (χ1n) is 8.36. The molecular weight excluding hydrogens is 362 g/mol. The summed E-state index contributed by atoms with van der Waals surface area (Å²) in [5, 5.41) is 8.93. The van der Waals surface area contributed by atoms with Crippen LogP contribution in [0.25, 0.3) is 0 Å². The first-order valence-corrected chi connectivity index (χ1v) is 8.74. The predicted molar refractivity (Wildman–Crippen MR) is 108 cm³/mol. The Balaban J connectivity index is 1.64. The van der Waals surface area contributed by atoms with Crippen LogP contribution in [-0.4, -0.2) is 11.9 Å². The van der Waals surface area contributed by atoms with E-state index in [-0.39, 0.29) is 5.91 Å². The molecular formula is C21H18ClN3O2. The number of carbonyl (C=O) groups is 2. The zero-order valence-corrected chi connectivity index (χ0v) is 15.2. The van der Waals surface area contributed by atoms with Crippen LogP contribution in [0.15, 0.2) is 78.9 Å². The van der Waals surface area contributed by atoms with Crippen LogP contribution in [-0.2, 0) is 6.54 Å². The molecule has 136 valence electrons. The van der Waals surface area contributed by atoms with Crippen molar-refractivity contribution in [3.05, 3.63) is 95.0 Å². The molecule has 0 atom stereocenters. The summed E-state index contributed by atoms with van der Waals surface area (Å²) < 4.78 is 0. The molecule has 0 heterocycles. The van der Waals surface area contributed by atoms with E-state index in [9.17, 15) is 9.59 Å². The summed E-state index contributed by atoms with van der Waals surface area (Å²) in [5.74, 6) is -0.277. The zero-order chi connectivity index (χ0) is 19.1. The molecule has 0 radical (unpaired) electrons. The fraction of sp³-hybridized carbons (Fsp3) is 0.0476. The van der Waals surface area contributed by atoms with Gasteiger partial charge in [-0.15, -0.1) is 0 Å². The SMILES string of the molecule is O=C(Nc1ccccc1)Nc1ccccc1C(=O)NCc1ccc(Cl)cc1. The highest BCUT2D eigenvalue weighted by molar-refractivity contribution is 6.30.